The average molecular weight is 448 g/mol. The van der Waals surface area contributed by atoms with Gasteiger partial charge < -0.3 is 9.08 Å². The second-order valence-corrected chi connectivity index (χ2v) is 9.63. The summed E-state index contributed by atoms with van der Waals surface area (Å²) < 4.78 is 42.9. The molecule has 0 aromatic heterocycles. The van der Waals surface area contributed by atoms with Gasteiger partial charge >= 0.3 is 10.1 Å². The molecule has 0 bridgehead atoms. The minimum atomic E-state index is -4.04. The normalized spacial score (nSPS) is 14.8. The predicted octanol–water partition coefficient (Wildman–Crippen LogP) is 5.30. The lowest BCUT2D eigenvalue weighted by Crippen LogP contribution is -2.37. The van der Waals surface area contributed by atoms with E-state index >= 15 is 0 Å². The zero-order valence-corrected chi connectivity index (χ0v) is 18.9. The van der Waals surface area contributed by atoms with Gasteiger partial charge in [0.1, 0.15) is 16.5 Å². The second kappa shape index (κ2) is 10.3. The predicted molar refractivity (Wildman–Crippen MR) is 118 cm³/mol. The summed E-state index contributed by atoms with van der Waals surface area (Å²) in [4.78, 5) is 15.0. The number of hydrogen-bond acceptors (Lipinski definition) is 4. The maximum atomic E-state index is 13.1. The van der Waals surface area contributed by atoms with Crippen LogP contribution in [0, 0.1) is 11.7 Å². The molecule has 0 heterocycles. The first kappa shape index (κ1) is 23.3. The molecule has 7 heteroatoms. The zero-order valence-electron chi connectivity index (χ0n) is 18.1. The van der Waals surface area contributed by atoms with Crippen LogP contribution in [0.1, 0.15) is 57.9 Å². The highest BCUT2D eigenvalue weighted by molar-refractivity contribution is 7.87. The van der Waals surface area contributed by atoms with Crippen LogP contribution in [0.3, 0.4) is 0 Å². The first-order valence-electron chi connectivity index (χ1n) is 10.9. The van der Waals surface area contributed by atoms with E-state index in [1.165, 1.54) is 12.1 Å². The number of nitrogens with zero attached hydrogens (tertiary/aromatic N) is 1. The Kier molecular flexibility index (Phi) is 7.70. The molecular formula is C24H30FNO4S. The molecule has 31 heavy (non-hydrogen) atoms. The van der Waals surface area contributed by atoms with Gasteiger partial charge in [0.15, 0.2) is 0 Å². The topological polar surface area (TPSA) is 63.7 Å². The van der Waals surface area contributed by atoms with Crippen LogP contribution in [0.4, 0.5) is 4.39 Å². The fourth-order valence-corrected chi connectivity index (χ4v) is 4.51. The summed E-state index contributed by atoms with van der Waals surface area (Å²) in [6.07, 6.45) is 5.96. The Morgan fingerprint density at radius 3 is 2.29 bits per heavy atom. The lowest BCUT2D eigenvalue weighted by atomic mass is 9.97. The third-order valence-electron chi connectivity index (χ3n) is 5.60. The van der Waals surface area contributed by atoms with Crippen LogP contribution in [0.5, 0.6) is 5.75 Å². The van der Waals surface area contributed by atoms with Gasteiger partial charge in [0.05, 0.1) is 0 Å². The van der Waals surface area contributed by atoms with Crippen molar-refractivity contribution in [3.8, 4) is 5.75 Å². The van der Waals surface area contributed by atoms with Gasteiger partial charge in [-0.05, 0) is 67.6 Å². The summed E-state index contributed by atoms with van der Waals surface area (Å²) in [6, 6.07) is 11.5. The molecule has 0 N–H and O–H groups in total. The molecule has 0 spiro atoms. The number of rotatable bonds is 11. The van der Waals surface area contributed by atoms with E-state index in [1.807, 2.05) is 4.90 Å². The Bertz CT molecular complexity index is 970. The highest BCUT2D eigenvalue weighted by atomic mass is 32.2. The summed E-state index contributed by atoms with van der Waals surface area (Å²) in [5.74, 6) is -0.0634. The van der Waals surface area contributed by atoms with E-state index in [0.29, 0.717) is 12.6 Å². The van der Waals surface area contributed by atoms with Gasteiger partial charge in [-0.1, -0.05) is 38.8 Å². The number of carbonyl (C=O) groups excluding carboxylic acids is 1. The van der Waals surface area contributed by atoms with E-state index in [1.54, 1.807) is 24.3 Å². The van der Waals surface area contributed by atoms with Gasteiger partial charge in [-0.3, -0.25) is 4.79 Å². The van der Waals surface area contributed by atoms with Crippen molar-refractivity contribution in [2.45, 2.75) is 69.9 Å². The van der Waals surface area contributed by atoms with Gasteiger partial charge in [-0.2, -0.15) is 8.42 Å². The maximum Gasteiger partial charge on any atom is 0.339 e. The van der Waals surface area contributed by atoms with E-state index in [-0.39, 0.29) is 22.5 Å². The molecule has 2 aromatic carbocycles. The van der Waals surface area contributed by atoms with Gasteiger partial charge in [0.25, 0.3) is 0 Å². The standard InChI is InChI=1S/C24H30FNO4S/c1-3-5-6-19(4-2)24(27)26(21-11-12-21)17-18-7-13-22(14-8-18)30-31(28,29)23-15-9-20(25)10-16-23/h7-10,13-16,19,21H,3-6,11-12,17H2,1-2H3. The molecule has 1 aliphatic rings. The Morgan fingerprint density at radius 1 is 1.10 bits per heavy atom. The fraction of sp³-hybridized carbons (Fsp3) is 0.458. The molecular weight excluding hydrogens is 417 g/mol. The third kappa shape index (κ3) is 6.29. The Hall–Kier alpha value is -2.41. The van der Waals surface area contributed by atoms with Crippen LogP contribution < -0.4 is 4.18 Å². The number of halogens is 1. The fourth-order valence-electron chi connectivity index (χ4n) is 3.58. The number of carbonyl (C=O) groups is 1. The Balaban J connectivity index is 1.67. The Morgan fingerprint density at radius 2 is 1.74 bits per heavy atom. The molecule has 1 aliphatic carbocycles. The molecule has 3 rings (SSSR count). The van der Waals surface area contributed by atoms with Crippen molar-refractivity contribution < 1.29 is 21.8 Å². The average Bonchev–Trinajstić information content (AvgIpc) is 3.59. The molecule has 0 saturated heterocycles. The van der Waals surface area contributed by atoms with E-state index < -0.39 is 15.9 Å². The highest BCUT2D eigenvalue weighted by Crippen LogP contribution is 2.31. The molecule has 0 aliphatic heterocycles. The van der Waals surface area contributed by atoms with Crippen LogP contribution in [0.25, 0.3) is 0 Å². The molecule has 168 valence electrons. The van der Waals surface area contributed by atoms with Crippen LogP contribution in [0.15, 0.2) is 53.4 Å². The van der Waals surface area contributed by atoms with Crippen LogP contribution in [-0.4, -0.2) is 25.3 Å². The highest BCUT2D eigenvalue weighted by Gasteiger charge is 2.35. The molecule has 1 fully saturated rings. The maximum absolute atomic E-state index is 13.1. The Labute approximate surface area is 184 Å². The van der Waals surface area contributed by atoms with Crippen molar-refractivity contribution in [2.24, 2.45) is 5.92 Å². The summed E-state index contributed by atoms with van der Waals surface area (Å²) in [5.41, 5.74) is 0.928. The first-order valence-corrected chi connectivity index (χ1v) is 12.3. The lowest BCUT2D eigenvalue weighted by molar-refractivity contribution is -0.137. The van der Waals surface area contributed by atoms with E-state index in [0.717, 1.165) is 56.2 Å². The van der Waals surface area contributed by atoms with Crippen LogP contribution in [0.2, 0.25) is 0 Å². The first-order chi connectivity index (χ1) is 14.8. The molecule has 5 nitrogen and oxygen atoms in total. The van der Waals surface area contributed by atoms with Crippen molar-refractivity contribution in [3.05, 3.63) is 59.9 Å². The molecule has 0 radical (unpaired) electrons. The number of unbranched alkanes of at least 4 members (excludes halogenated alkanes) is 1. The SMILES string of the molecule is CCCCC(CC)C(=O)N(Cc1ccc(OS(=O)(=O)c2ccc(F)cc2)cc1)C1CC1. The molecule has 1 amide bonds. The minimum Gasteiger partial charge on any atom is -0.379 e. The van der Waals surface area contributed by atoms with Crippen LogP contribution in [-0.2, 0) is 21.5 Å². The largest absolute Gasteiger partial charge is 0.379 e. The van der Waals surface area contributed by atoms with Crippen molar-refractivity contribution in [2.75, 3.05) is 0 Å². The zero-order chi connectivity index (χ0) is 22.4. The van der Waals surface area contributed by atoms with Gasteiger partial charge in [0.2, 0.25) is 5.91 Å². The smallest absolute Gasteiger partial charge is 0.339 e. The number of benzene rings is 2. The number of amides is 1. The van der Waals surface area contributed by atoms with E-state index in [4.69, 9.17) is 4.18 Å². The molecule has 2 aromatic rings. The summed E-state index contributed by atoms with van der Waals surface area (Å²) in [6.45, 7) is 4.71. The van der Waals surface area contributed by atoms with E-state index in [2.05, 4.69) is 13.8 Å². The second-order valence-electron chi connectivity index (χ2n) is 8.08. The van der Waals surface area contributed by atoms with Crippen molar-refractivity contribution >= 4 is 16.0 Å². The number of hydrogen-bond donors (Lipinski definition) is 0. The van der Waals surface area contributed by atoms with Crippen molar-refractivity contribution in [3.63, 3.8) is 0 Å². The summed E-state index contributed by atoms with van der Waals surface area (Å²) in [7, 11) is -4.04. The molecule has 1 saturated carbocycles. The molecule has 1 atom stereocenters. The third-order valence-corrected chi connectivity index (χ3v) is 6.86. The van der Waals surface area contributed by atoms with E-state index in [9.17, 15) is 17.6 Å². The van der Waals surface area contributed by atoms with Crippen molar-refractivity contribution in [1.82, 2.24) is 4.90 Å². The lowest BCUT2D eigenvalue weighted by Gasteiger charge is -2.27. The summed E-state index contributed by atoms with van der Waals surface area (Å²) in [5, 5.41) is 0. The van der Waals surface area contributed by atoms with Crippen molar-refractivity contribution in [1.29, 1.82) is 0 Å². The summed E-state index contributed by atoms with van der Waals surface area (Å²) >= 11 is 0. The quantitative estimate of drug-likeness (QED) is 0.439. The van der Waals surface area contributed by atoms with Gasteiger partial charge in [0, 0.05) is 18.5 Å². The minimum absolute atomic E-state index is 0.0593. The van der Waals surface area contributed by atoms with Crippen LogP contribution >= 0.6 is 0 Å². The monoisotopic (exact) mass is 447 g/mol. The van der Waals surface area contributed by atoms with Gasteiger partial charge in [-0.15, -0.1) is 0 Å². The van der Waals surface area contributed by atoms with Gasteiger partial charge in [-0.25, -0.2) is 4.39 Å². The molecule has 1 unspecified atom stereocenters.